The van der Waals surface area contributed by atoms with Crippen molar-refractivity contribution in [3.05, 3.63) is 29.8 Å². The van der Waals surface area contributed by atoms with Crippen LogP contribution < -0.4 is 4.74 Å². The van der Waals surface area contributed by atoms with E-state index in [2.05, 4.69) is 13.0 Å². The van der Waals surface area contributed by atoms with Crippen LogP contribution in [0.15, 0.2) is 24.3 Å². The molecule has 0 radical (unpaired) electrons. The summed E-state index contributed by atoms with van der Waals surface area (Å²) in [4.78, 5) is 14.0. The van der Waals surface area contributed by atoms with E-state index in [1.165, 1.54) is 5.56 Å². The molecule has 1 amide bonds. The van der Waals surface area contributed by atoms with Gasteiger partial charge >= 0.3 is 0 Å². The van der Waals surface area contributed by atoms with Gasteiger partial charge in [0.1, 0.15) is 5.75 Å². The van der Waals surface area contributed by atoms with Gasteiger partial charge in [0.2, 0.25) is 0 Å². The summed E-state index contributed by atoms with van der Waals surface area (Å²) in [5.74, 6) is 0.779. The molecule has 1 aliphatic rings. The highest BCUT2D eigenvalue weighted by Crippen LogP contribution is 2.15. The summed E-state index contributed by atoms with van der Waals surface area (Å²) in [6.07, 6.45) is 1.14. The molecule has 0 aliphatic carbocycles. The van der Waals surface area contributed by atoms with E-state index < -0.39 is 0 Å². The zero-order valence-corrected chi connectivity index (χ0v) is 12.5. The third-order valence-electron chi connectivity index (χ3n) is 3.44. The van der Waals surface area contributed by atoms with Crippen molar-refractivity contribution in [2.45, 2.75) is 39.4 Å². The first-order chi connectivity index (χ1) is 9.58. The number of carbonyl (C=O) groups is 1. The Labute approximate surface area is 120 Å². The molecular formula is C16H23NO3. The fraction of sp³-hybridized carbons (Fsp3) is 0.562. The summed E-state index contributed by atoms with van der Waals surface area (Å²) < 4.78 is 11.2. The number of amides is 1. The number of carbonyl (C=O) groups excluding carboxylic acids is 1. The van der Waals surface area contributed by atoms with Crippen molar-refractivity contribution in [2.75, 3.05) is 19.7 Å². The summed E-state index contributed by atoms with van der Waals surface area (Å²) in [5, 5.41) is 0. The average molecular weight is 277 g/mol. The Morgan fingerprint density at radius 2 is 2.05 bits per heavy atom. The zero-order chi connectivity index (χ0) is 14.5. The van der Waals surface area contributed by atoms with Crippen molar-refractivity contribution >= 4 is 5.91 Å². The minimum Gasteiger partial charge on any atom is -0.484 e. The third kappa shape index (κ3) is 3.97. The number of hydrogen-bond acceptors (Lipinski definition) is 3. The number of nitrogens with zero attached hydrogens (tertiary/aromatic N) is 1. The largest absolute Gasteiger partial charge is 0.484 e. The van der Waals surface area contributed by atoms with Crippen molar-refractivity contribution in [1.82, 2.24) is 4.90 Å². The highest BCUT2D eigenvalue weighted by molar-refractivity contribution is 5.78. The number of rotatable bonds is 4. The molecule has 0 bridgehead atoms. The molecule has 2 atom stereocenters. The molecule has 1 fully saturated rings. The molecule has 0 aromatic heterocycles. The predicted molar refractivity (Wildman–Crippen MR) is 77.9 cm³/mol. The second-order valence-electron chi connectivity index (χ2n) is 5.35. The first-order valence-corrected chi connectivity index (χ1v) is 7.23. The lowest BCUT2D eigenvalue weighted by Crippen LogP contribution is -2.49. The molecule has 1 aromatic carbocycles. The maximum atomic E-state index is 12.2. The van der Waals surface area contributed by atoms with Crippen LogP contribution >= 0.6 is 0 Å². The van der Waals surface area contributed by atoms with Crippen LogP contribution in [0.3, 0.4) is 0 Å². The standard InChI is InChI=1S/C16H23NO3/c1-4-14-6-5-7-15(8-14)19-11-16(18)17-9-12(2)20-13(3)10-17/h5-8,12-13H,4,9-11H2,1-3H3. The van der Waals surface area contributed by atoms with Crippen LogP contribution in [0.25, 0.3) is 0 Å². The summed E-state index contributed by atoms with van der Waals surface area (Å²) >= 11 is 0. The normalized spacial score (nSPS) is 22.6. The summed E-state index contributed by atoms with van der Waals surface area (Å²) in [6, 6.07) is 7.88. The molecule has 110 valence electrons. The van der Waals surface area contributed by atoms with Crippen molar-refractivity contribution in [2.24, 2.45) is 0 Å². The number of benzene rings is 1. The predicted octanol–water partition coefficient (Wildman–Crippen LogP) is 2.26. The third-order valence-corrected chi connectivity index (χ3v) is 3.44. The monoisotopic (exact) mass is 277 g/mol. The second kappa shape index (κ2) is 6.75. The second-order valence-corrected chi connectivity index (χ2v) is 5.35. The van der Waals surface area contributed by atoms with Crippen LogP contribution in [-0.2, 0) is 16.0 Å². The molecule has 1 aromatic rings. The Kier molecular flexibility index (Phi) is 5.01. The Morgan fingerprint density at radius 1 is 1.35 bits per heavy atom. The molecule has 4 nitrogen and oxygen atoms in total. The minimum atomic E-state index is 0.0221. The summed E-state index contributed by atoms with van der Waals surface area (Å²) in [7, 11) is 0. The zero-order valence-electron chi connectivity index (χ0n) is 12.5. The van der Waals surface area contributed by atoms with E-state index in [0.29, 0.717) is 13.1 Å². The van der Waals surface area contributed by atoms with Gasteiger partial charge in [0, 0.05) is 13.1 Å². The molecule has 0 N–H and O–H groups in total. The van der Waals surface area contributed by atoms with Crippen LogP contribution in [0.4, 0.5) is 0 Å². The van der Waals surface area contributed by atoms with E-state index >= 15 is 0 Å². The maximum absolute atomic E-state index is 12.2. The maximum Gasteiger partial charge on any atom is 0.260 e. The number of hydrogen-bond donors (Lipinski definition) is 0. The molecule has 0 saturated carbocycles. The van der Waals surface area contributed by atoms with E-state index in [1.54, 1.807) is 0 Å². The van der Waals surface area contributed by atoms with Gasteiger partial charge in [-0.05, 0) is 38.0 Å². The van der Waals surface area contributed by atoms with Crippen LogP contribution in [0.2, 0.25) is 0 Å². The Hall–Kier alpha value is -1.55. The van der Waals surface area contributed by atoms with Gasteiger partial charge in [-0.1, -0.05) is 19.1 Å². The topological polar surface area (TPSA) is 38.8 Å². The molecule has 2 rings (SSSR count). The summed E-state index contributed by atoms with van der Waals surface area (Å²) in [6.45, 7) is 7.44. The van der Waals surface area contributed by atoms with Crippen LogP contribution in [0.5, 0.6) is 5.75 Å². The van der Waals surface area contributed by atoms with E-state index in [4.69, 9.17) is 9.47 Å². The van der Waals surface area contributed by atoms with Gasteiger partial charge in [-0.15, -0.1) is 0 Å². The summed E-state index contributed by atoms with van der Waals surface area (Å²) in [5.41, 5.74) is 1.21. The molecule has 2 unspecified atom stereocenters. The van der Waals surface area contributed by atoms with Crippen LogP contribution in [-0.4, -0.2) is 42.7 Å². The quantitative estimate of drug-likeness (QED) is 0.847. The molecule has 1 saturated heterocycles. The first-order valence-electron chi connectivity index (χ1n) is 7.23. The fourth-order valence-electron chi connectivity index (χ4n) is 2.47. The minimum absolute atomic E-state index is 0.0221. The Morgan fingerprint density at radius 3 is 2.70 bits per heavy atom. The fourth-order valence-corrected chi connectivity index (χ4v) is 2.47. The van der Waals surface area contributed by atoms with Crippen molar-refractivity contribution in [3.8, 4) is 5.75 Å². The Bertz CT molecular complexity index is 451. The molecule has 1 aliphatic heterocycles. The van der Waals surface area contributed by atoms with Gasteiger partial charge in [0.15, 0.2) is 6.61 Å². The van der Waals surface area contributed by atoms with Crippen LogP contribution in [0, 0.1) is 0 Å². The van der Waals surface area contributed by atoms with E-state index in [9.17, 15) is 4.79 Å². The number of morpholine rings is 1. The van der Waals surface area contributed by atoms with Crippen LogP contribution in [0.1, 0.15) is 26.3 Å². The van der Waals surface area contributed by atoms with E-state index in [1.807, 2.05) is 36.9 Å². The smallest absolute Gasteiger partial charge is 0.260 e. The van der Waals surface area contributed by atoms with Gasteiger partial charge in [-0.25, -0.2) is 0 Å². The van der Waals surface area contributed by atoms with Gasteiger partial charge in [0.25, 0.3) is 5.91 Å². The van der Waals surface area contributed by atoms with Gasteiger partial charge in [-0.3, -0.25) is 4.79 Å². The highest BCUT2D eigenvalue weighted by Gasteiger charge is 2.25. The first kappa shape index (κ1) is 14.9. The number of aryl methyl sites for hydroxylation is 1. The van der Waals surface area contributed by atoms with Crippen molar-refractivity contribution < 1.29 is 14.3 Å². The lowest BCUT2D eigenvalue weighted by Gasteiger charge is -2.35. The lowest BCUT2D eigenvalue weighted by molar-refractivity contribution is -0.145. The molecule has 1 heterocycles. The molecule has 0 spiro atoms. The SMILES string of the molecule is CCc1cccc(OCC(=O)N2CC(C)OC(C)C2)c1. The number of ether oxygens (including phenoxy) is 2. The Balaban J connectivity index is 1.88. The van der Waals surface area contributed by atoms with Gasteiger partial charge in [0.05, 0.1) is 12.2 Å². The van der Waals surface area contributed by atoms with Gasteiger partial charge < -0.3 is 14.4 Å². The lowest BCUT2D eigenvalue weighted by atomic mass is 10.2. The molecule has 4 heteroatoms. The highest BCUT2D eigenvalue weighted by atomic mass is 16.5. The van der Waals surface area contributed by atoms with Crippen molar-refractivity contribution in [3.63, 3.8) is 0 Å². The van der Waals surface area contributed by atoms with Crippen molar-refractivity contribution in [1.29, 1.82) is 0 Å². The van der Waals surface area contributed by atoms with Gasteiger partial charge in [-0.2, -0.15) is 0 Å². The molecular weight excluding hydrogens is 254 g/mol. The average Bonchev–Trinajstić information content (AvgIpc) is 2.44. The molecule has 20 heavy (non-hydrogen) atoms. The van der Waals surface area contributed by atoms with E-state index in [-0.39, 0.29) is 24.7 Å². The van der Waals surface area contributed by atoms with E-state index in [0.717, 1.165) is 12.2 Å².